The number of rotatable bonds is 2. The number of methoxy groups -OCH3 is 1. The van der Waals surface area contributed by atoms with E-state index in [0.29, 0.717) is 0 Å². The van der Waals surface area contributed by atoms with E-state index in [2.05, 4.69) is 27.5 Å². The summed E-state index contributed by atoms with van der Waals surface area (Å²) >= 11 is 3.42. The Morgan fingerprint density at radius 1 is 1.62 bits per heavy atom. The molecule has 0 fully saturated rings. The molecule has 0 bridgehead atoms. The summed E-state index contributed by atoms with van der Waals surface area (Å²) < 4.78 is 6.06. The quantitative estimate of drug-likeness (QED) is 0.794. The number of halogens is 1. The van der Waals surface area contributed by atoms with Crippen LogP contribution in [0.25, 0.3) is 5.57 Å². The maximum absolute atomic E-state index is 5.14. The zero-order chi connectivity index (χ0) is 10.0. The standard InChI is InChI=1S/C10H12BrNO/c1-6(2)10-8(11)5-9(13-4)7(3)12-10/h5H,1H2,2-4H3. The first kappa shape index (κ1) is 10.3. The summed E-state index contributed by atoms with van der Waals surface area (Å²) in [5.74, 6) is 0.789. The highest BCUT2D eigenvalue weighted by molar-refractivity contribution is 9.10. The summed E-state index contributed by atoms with van der Waals surface area (Å²) in [7, 11) is 1.64. The number of allylic oxidation sites excluding steroid dienone is 1. The van der Waals surface area contributed by atoms with E-state index in [-0.39, 0.29) is 0 Å². The second-order valence-corrected chi connectivity index (χ2v) is 3.74. The number of ether oxygens (including phenoxy) is 1. The van der Waals surface area contributed by atoms with Gasteiger partial charge in [-0.15, -0.1) is 0 Å². The highest BCUT2D eigenvalue weighted by Crippen LogP contribution is 2.27. The molecule has 0 aliphatic heterocycles. The summed E-state index contributed by atoms with van der Waals surface area (Å²) in [4.78, 5) is 4.37. The Morgan fingerprint density at radius 2 is 2.23 bits per heavy atom. The molecule has 0 radical (unpaired) electrons. The Hall–Kier alpha value is -0.830. The molecule has 0 unspecified atom stereocenters. The predicted octanol–water partition coefficient (Wildman–Crippen LogP) is 3.19. The molecule has 3 heteroatoms. The fourth-order valence-electron chi connectivity index (χ4n) is 1.07. The summed E-state index contributed by atoms with van der Waals surface area (Å²) in [5, 5.41) is 0. The van der Waals surface area contributed by atoms with Gasteiger partial charge in [0.05, 0.1) is 18.5 Å². The van der Waals surface area contributed by atoms with Crippen molar-refractivity contribution < 1.29 is 4.74 Å². The molecule has 0 aliphatic rings. The summed E-state index contributed by atoms with van der Waals surface area (Å²) in [6, 6.07) is 1.91. The molecule has 0 amide bonds. The fraction of sp³-hybridized carbons (Fsp3) is 0.300. The molecule has 1 aromatic rings. The molecule has 1 heterocycles. The van der Waals surface area contributed by atoms with Gasteiger partial charge in [-0.1, -0.05) is 6.58 Å². The molecule has 70 valence electrons. The molecule has 0 atom stereocenters. The topological polar surface area (TPSA) is 22.1 Å². The minimum atomic E-state index is 0.789. The predicted molar refractivity (Wildman–Crippen MR) is 57.9 cm³/mol. The monoisotopic (exact) mass is 241 g/mol. The van der Waals surface area contributed by atoms with Crippen LogP contribution in [0, 0.1) is 6.92 Å². The average Bonchev–Trinajstić information content (AvgIpc) is 2.07. The van der Waals surface area contributed by atoms with Gasteiger partial charge in [0, 0.05) is 4.47 Å². The van der Waals surface area contributed by atoms with Crippen molar-refractivity contribution in [2.75, 3.05) is 7.11 Å². The van der Waals surface area contributed by atoms with E-state index in [1.165, 1.54) is 0 Å². The van der Waals surface area contributed by atoms with Gasteiger partial charge in [0.2, 0.25) is 0 Å². The third-order valence-electron chi connectivity index (χ3n) is 1.74. The van der Waals surface area contributed by atoms with Crippen molar-refractivity contribution in [1.29, 1.82) is 0 Å². The molecule has 0 saturated carbocycles. The van der Waals surface area contributed by atoms with Crippen molar-refractivity contribution in [2.45, 2.75) is 13.8 Å². The number of aromatic nitrogens is 1. The number of aryl methyl sites for hydroxylation is 1. The molecule has 0 aromatic carbocycles. The second kappa shape index (κ2) is 3.92. The third kappa shape index (κ3) is 2.10. The molecular weight excluding hydrogens is 230 g/mol. The maximum Gasteiger partial charge on any atom is 0.141 e. The van der Waals surface area contributed by atoms with Crippen LogP contribution >= 0.6 is 15.9 Å². The van der Waals surface area contributed by atoms with Gasteiger partial charge in [0.25, 0.3) is 0 Å². The molecule has 0 N–H and O–H groups in total. The number of nitrogens with zero attached hydrogens (tertiary/aromatic N) is 1. The van der Waals surface area contributed by atoms with Gasteiger partial charge >= 0.3 is 0 Å². The Bertz CT molecular complexity index is 347. The summed E-state index contributed by atoms with van der Waals surface area (Å²) in [6.07, 6.45) is 0. The van der Waals surface area contributed by atoms with E-state index in [1.54, 1.807) is 7.11 Å². The molecule has 0 spiro atoms. The lowest BCUT2D eigenvalue weighted by Gasteiger charge is -2.08. The number of hydrogen-bond acceptors (Lipinski definition) is 2. The molecule has 0 saturated heterocycles. The lowest BCUT2D eigenvalue weighted by atomic mass is 10.2. The van der Waals surface area contributed by atoms with Crippen LogP contribution < -0.4 is 4.74 Å². The number of pyridine rings is 1. The fourth-order valence-corrected chi connectivity index (χ4v) is 1.71. The van der Waals surface area contributed by atoms with Crippen molar-refractivity contribution in [3.63, 3.8) is 0 Å². The van der Waals surface area contributed by atoms with Crippen LogP contribution in [-0.4, -0.2) is 12.1 Å². The molecule has 0 aliphatic carbocycles. The SMILES string of the molecule is C=C(C)c1nc(C)c(OC)cc1Br. The van der Waals surface area contributed by atoms with Crippen LogP contribution in [0.1, 0.15) is 18.3 Å². The third-order valence-corrected chi connectivity index (χ3v) is 2.35. The first-order chi connectivity index (χ1) is 6.06. The minimum absolute atomic E-state index is 0.789. The van der Waals surface area contributed by atoms with Crippen LogP contribution in [0.5, 0.6) is 5.75 Å². The first-order valence-electron chi connectivity index (χ1n) is 3.93. The lowest BCUT2D eigenvalue weighted by molar-refractivity contribution is 0.409. The Morgan fingerprint density at radius 3 is 2.69 bits per heavy atom. The van der Waals surface area contributed by atoms with Gasteiger partial charge in [-0.05, 0) is 41.4 Å². The summed E-state index contributed by atoms with van der Waals surface area (Å²) in [6.45, 7) is 7.69. The first-order valence-corrected chi connectivity index (χ1v) is 4.72. The van der Waals surface area contributed by atoms with E-state index in [9.17, 15) is 0 Å². The van der Waals surface area contributed by atoms with E-state index in [1.807, 2.05) is 19.9 Å². The van der Waals surface area contributed by atoms with Gasteiger partial charge in [-0.2, -0.15) is 0 Å². The minimum Gasteiger partial charge on any atom is -0.495 e. The van der Waals surface area contributed by atoms with Crippen molar-refractivity contribution in [3.8, 4) is 5.75 Å². The highest BCUT2D eigenvalue weighted by Gasteiger charge is 2.07. The van der Waals surface area contributed by atoms with E-state index < -0.39 is 0 Å². The number of hydrogen-bond donors (Lipinski definition) is 0. The van der Waals surface area contributed by atoms with E-state index >= 15 is 0 Å². The zero-order valence-corrected chi connectivity index (χ0v) is 9.60. The Balaban J connectivity index is 3.28. The average molecular weight is 242 g/mol. The zero-order valence-electron chi connectivity index (χ0n) is 8.02. The molecule has 1 rings (SSSR count). The highest BCUT2D eigenvalue weighted by atomic mass is 79.9. The molecular formula is C10H12BrNO. The normalized spacial score (nSPS) is 9.85. The Kier molecular flexibility index (Phi) is 3.09. The van der Waals surface area contributed by atoms with Crippen molar-refractivity contribution >= 4 is 21.5 Å². The second-order valence-electron chi connectivity index (χ2n) is 2.89. The lowest BCUT2D eigenvalue weighted by Crippen LogP contribution is -1.95. The van der Waals surface area contributed by atoms with Gasteiger partial charge in [0.1, 0.15) is 5.75 Å². The van der Waals surface area contributed by atoms with Gasteiger partial charge in [-0.25, -0.2) is 4.98 Å². The largest absolute Gasteiger partial charge is 0.495 e. The van der Waals surface area contributed by atoms with Gasteiger partial charge in [-0.3, -0.25) is 0 Å². The smallest absolute Gasteiger partial charge is 0.141 e. The summed E-state index contributed by atoms with van der Waals surface area (Å²) in [5.41, 5.74) is 2.71. The van der Waals surface area contributed by atoms with Crippen LogP contribution in [0.15, 0.2) is 17.1 Å². The van der Waals surface area contributed by atoms with E-state index in [0.717, 1.165) is 27.2 Å². The van der Waals surface area contributed by atoms with Crippen LogP contribution in [0.2, 0.25) is 0 Å². The van der Waals surface area contributed by atoms with E-state index in [4.69, 9.17) is 4.74 Å². The van der Waals surface area contributed by atoms with Crippen molar-refractivity contribution in [2.24, 2.45) is 0 Å². The van der Waals surface area contributed by atoms with Crippen molar-refractivity contribution in [1.82, 2.24) is 4.98 Å². The van der Waals surface area contributed by atoms with Crippen LogP contribution in [0.4, 0.5) is 0 Å². The maximum atomic E-state index is 5.14. The molecule has 2 nitrogen and oxygen atoms in total. The Labute approximate surface area is 86.8 Å². The van der Waals surface area contributed by atoms with Gasteiger partial charge < -0.3 is 4.74 Å². The molecule has 13 heavy (non-hydrogen) atoms. The molecule has 1 aromatic heterocycles. The van der Waals surface area contributed by atoms with Gasteiger partial charge in [0.15, 0.2) is 0 Å². The van der Waals surface area contributed by atoms with Crippen LogP contribution in [0.3, 0.4) is 0 Å². The van der Waals surface area contributed by atoms with Crippen molar-refractivity contribution in [3.05, 3.63) is 28.5 Å². The van der Waals surface area contributed by atoms with Crippen LogP contribution in [-0.2, 0) is 0 Å².